The molecule has 0 aromatic carbocycles. The molecule has 82 valence electrons. The van der Waals surface area contributed by atoms with Gasteiger partial charge in [-0.15, -0.1) is 0 Å². The normalized spacial score (nSPS) is 10.1. The summed E-state index contributed by atoms with van der Waals surface area (Å²) >= 11 is 3.34. The van der Waals surface area contributed by atoms with Crippen molar-refractivity contribution in [2.75, 3.05) is 5.32 Å². The number of pyridine rings is 1. The number of furan rings is 1. The number of nitrogens with zero attached hydrogens (tertiary/aromatic N) is 1. The molecular formula is C11H9BrN2O2. The zero-order valence-corrected chi connectivity index (χ0v) is 10.1. The number of halogens is 1. The molecule has 0 bridgehead atoms. The predicted molar refractivity (Wildman–Crippen MR) is 63.3 cm³/mol. The number of aryl methyl sites for hydroxylation is 1. The summed E-state index contributed by atoms with van der Waals surface area (Å²) < 4.78 is 5.58. The second-order valence-electron chi connectivity index (χ2n) is 3.31. The first-order chi connectivity index (χ1) is 7.66. The van der Waals surface area contributed by atoms with Gasteiger partial charge in [0.15, 0.2) is 0 Å². The summed E-state index contributed by atoms with van der Waals surface area (Å²) in [5.41, 5.74) is 1.49. The van der Waals surface area contributed by atoms with Crippen molar-refractivity contribution in [3.63, 3.8) is 0 Å². The minimum Gasteiger partial charge on any atom is -0.472 e. The Morgan fingerprint density at radius 1 is 1.56 bits per heavy atom. The lowest BCUT2D eigenvalue weighted by Gasteiger charge is -2.05. The van der Waals surface area contributed by atoms with Gasteiger partial charge in [0.25, 0.3) is 5.91 Å². The van der Waals surface area contributed by atoms with E-state index in [2.05, 4.69) is 26.2 Å². The monoisotopic (exact) mass is 280 g/mol. The number of amides is 1. The number of aromatic nitrogens is 1. The van der Waals surface area contributed by atoms with Crippen molar-refractivity contribution in [2.24, 2.45) is 0 Å². The highest BCUT2D eigenvalue weighted by molar-refractivity contribution is 9.10. The van der Waals surface area contributed by atoms with Gasteiger partial charge >= 0.3 is 0 Å². The lowest BCUT2D eigenvalue weighted by Crippen LogP contribution is -2.12. The molecule has 0 atom stereocenters. The number of anilines is 1. The highest BCUT2D eigenvalue weighted by Gasteiger charge is 2.10. The molecule has 0 radical (unpaired) electrons. The Balaban J connectivity index is 2.18. The second kappa shape index (κ2) is 4.49. The molecule has 1 amide bonds. The predicted octanol–water partition coefficient (Wildman–Crippen LogP) is 3.00. The Hall–Kier alpha value is -1.62. The summed E-state index contributed by atoms with van der Waals surface area (Å²) in [6.07, 6.45) is 4.53. The van der Waals surface area contributed by atoms with Crippen molar-refractivity contribution in [3.8, 4) is 0 Å². The maximum absolute atomic E-state index is 11.7. The van der Waals surface area contributed by atoms with Crippen LogP contribution in [0, 0.1) is 6.92 Å². The minimum absolute atomic E-state index is 0.245. The third-order valence-corrected chi connectivity index (χ3v) is 2.60. The van der Waals surface area contributed by atoms with E-state index in [0.29, 0.717) is 11.4 Å². The average molecular weight is 281 g/mol. The SMILES string of the molecule is Cc1cnc(NC(=O)c2ccoc2)c(Br)c1. The summed E-state index contributed by atoms with van der Waals surface area (Å²) in [4.78, 5) is 15.8. The van der Waals surface area contributed by atoms with Crippen LogP contribution < -0.4 is 5.32 Å². The highest BCUT2D eigenvalue weighted by atomic mass is 79.9. The van der Waals surface area contributed by atoms with Gasteiger partial charge in [-0.1, -0.05) is 0 Å². The van der Waals surface area contributed by atoms with E-state index in [4.69, 9.17) is 4.42 Å². The standard InChI is InChI=1S/C11H9BrN2O2/c1-7-4-9(12)10(13-5-7)14-11(15)8-2-3-16-6-8/h2-6H,1H3,(H,13,14,15). The van der Waals surface area contributed by atoms with Crippen LogP contribution in [-0.2, 0) is 0 Å². The van der Waals surface area contributed by atoms with E-state index in [-0.39, 0.29) is 5.91 Å². The minimum atomic E-state index is -0.245. The Kier molecular flexibility index (Phi) is 3.05. The van der Waals surface area contributed by atoms with E-state index >= 15 is 0 Å². The van der Waals surface area contributed by atoms with E-state index in [1.54, 1.807) is 12.3 Å². The highest BCUT2D eigenvalue weighted by Crippen LogP contribution is 2.21. The molecule has 1 N–H and O–H groups in total. The molecule has 2 heterocycles. The van der Waals surface area contributed by atoms with Crippen molar-refractivity contribution >= 4 is 27.7 Å². The van der Waals surface area contributed by atoms with Gasteiger partial charge in [-0.05, 0) is 40.5 Å². The van der Waals surface area contributed by atoms with Crippen LogP contribution in [-0.4, -0.2) is 10.9 Å². The van der Waals surface area contributed by atoms with Crippen LogP contribution in [0.5, 0.6) is 0 Å². The second-order valence-corrected chi connectivity index (χ2v) is 4.16. The van der Waals surface area contributed by atoms with Crippen molar-refractivity contribution in [2.45, 2.75) is 6.92 Å². The van der Waals surface area contributed by atoms with Crippen LogP contribution in [0.1, 0.15) is 15.9 Å². The van der Waals surface area contributed by atoms with Crippen molar-refractivity contribution in [3.05, 3.63) is 46.5 Å². The lowest BCUT2D eigenvalue weighted by atomic mass is 10.3. The van der Waals surface area contributed by atoms with E-state index in [1.807, 2.05) is 13.0 Å². The summed E-state index contributed by atoms with van der Waals surface area (Å²) in [6.45, 7) is 1.93. The molecule has 0 aliphatic heterocycles. The molecule has 5 heteroatoms. The molecule has 0 unspecified atom stereocenters. The average Bonchev–Trinajstić information content (AvgIpc) is 2.75. The molecule has 2 aromatic heterocycles. The number of rotatable bonds is 2. The summed E-state index contributed by atoms with van der Waals surface area (Å²) in [5.74, 6) is 0.252. The quantitative estimate of drug-likeness (QED) is 0.920. The maximum Gasteiger partial charge on any atom is 0.260 e. The van der Waals surface area contributed by atoms with Crippen LogP contribution in [0.3, 0.4) is 0 Å². The Morgan fingerprint density at radius 3 is 3.00 bits per heavy atom. The van der Waals surface area contributed by atoms with Gasteiger partial charge in [0.1, 0.15) is 12.1 Å². The summed E-state index contributed by atoms with van der Waals surface area (Å²) in [5, 5.41) is 2.68. The van der Waals surface area contributed by atoms with Crippen LogP contribution in [0.15, 0.2) is 39.7 Å². The number of nitrogens with one attached hydrogen (secondary N) is 1. The first-order valence-corrected chi connectivity index (χ1v) is 5.42. The fraction of sp³-hybridized carbons (Fsp3) is 0.0909. The van der Waals surface area contributed by atoms with E-state index in [0.717, 1.165) is 10.0 Å². The van der Waals surface area contributed by atoms with Gasteiger partial charge in [-0.3, -0.25) is 4.79 Å². The van der Waals surface area contributed by atoms with Gasteiger partial charge in [0.2, 0.25) is 0 Å². The van der Waals surface area contributed by atoms with Crippen molar-refractivity contribution in [1.82, 2.24) is 4.98 Å². The van der Waals surface area contributed by atoms with E-state index in [1.165, 1.54) is 12.5 Å². The number of hydrogen-bond donors (Lipinski definition) is 1. The summed E-state index contributed by atoms with van der Waals surface area (Å²) in [7, 11) is 0. The van der Waals surface area contributed by atoms with E-state index in [9.17, 15) is 4.79 Å². The summed E-state index contributed by atoms with van der Waals surface area (Å²) in [6, 6.07) is 3.48. The Morgan fingerprint density at radius 2 is 2.38 bits per heavy atom. The largest absolute Gasteiger partial charge is 0.472 e. The third-order valence-electron chi connectivity index (χ3n) is 1.99. The van der Waals surface area contributed by atoms with Crippen molar-refractivity contribution < 1.29 is 9.21 Å². The smallest absolute Gasteiger partial charge is 0.260 e. The zero-order chi connectivity index (χ0) is 11.5. The molecule has 0 aliphatic rings. The zero-order valence-electron chi connectivity index (χ0n) is 8.53. The molecule has 0 fully saturated rings. The molecular weight excluding hydrogens is 272 g/mol. The molecule has 0 saturated carbocycles. The number of carbonyl (C=O) groups excluding carboxylic acids is 1. The van der Waals surface area contributed by atoms with Gasteiger partial charge in [0.05, 0.1) is 16.3 Å². The van der Waals surface area contributed by atoms with Crippen LogP contribution in [0.2, 0.25) is 0 Å². The molecule has 0 spiro atoms. The van der Waals surface area contributed by atoms with Crippen molar-refractivity contribution in [1.29, 1.82) is 0 Å². The topological polar surface area (TPSA) is 55.1 Å². The Bertz CT molecular complexity index is 509. The number of hydrogen-bond acceptors (Lipinski definition) is 3. The maximum atomic E-state index is 11.7. The first-order valence-electron chi connectivity index (χ1n) is 4.62. The van der Waals surface area contributed by atoms with Gasteiger partial charge in [0, 0.05) is 6.20 Å². The fourth-order valence-electron chi connectivity index (χ4n) is 1.20. The van der Waals surface area contributed by atoms with Gasteiger partial charge < -0.3 is 9.73 Å². The lowest BCUT2D eigenvalue weighted by molar-refractivity contribution is 0.102. The molecule has 2 aromatic rings. The molecule has 4 nitrogen and oxygen atoms in total. The van der Waals surface area contributed by atoms with Crippen LogP contribution in [0.4, 0.5) is 5.82 Å². The fourth-order valence-corrected chi connectivity index (χ4v) is 1.76. The van der Waals surface area contributed by atoms with E-state index < -0.39 is 0 Å². The molecule has 2 rings (SSSR count). The van der Waals surface area contributed by atoms with Crippen LogP contribution in [0.25, 0.3) is 0 Å². The van der Waals surface area contributed by atoms with Gasteiger partial charge in [-0.25, -0.2) is 4.98 Å². The molecule has 0 saturated heterocycles. The number of carbonyl (C=O) groups is 1. The molecule has 0 aliphatic carbocycles. The van der Waals surface area contributed by atoms with Gasteiger partial charge in [-0.2, -0.15) is 0 Å². The Labute approximate surface area is 101 Å². The third kappa shape index (κ3) is 2.30. The first kappa shape index (κ1) is 10.9. The molecule has 16 heavy (non-hydrogen) atoms. The van der Waals surface area contributed by atoms with Crippen LogP contribution >= 0.6 is 15.9 Å².